The van der Waals surface area contributed by atoms with Crippen molar-refractivity contribution in [1.82, 2.24) is 0 Å². The summed E-state index contributed by atoms with van der Waals surface area (Å²) in [7, 11) is -0.0463. The maximum absolute atomic E-state index is 5.80. The SMILES string of the molecule is CB(C)B1OC(C)(C)C(C)(C)O1.CC.CC. The molecule has 0 atom stereocenters. The molecule has 96 valence electrons. The van der Waals surface area contributed by atoms with Gasteiger partial charge in [-0.3, -0.25) is 0 Å². The summed E-state index contributed by atoms with van der Waals surface area (Å²) in [5, 5.41) is 0. The molecular formula is C12H30B2O2. The molecule has 0 aromatic heterocycles. The lowest BCUT2D eigenvalue weighted by Crippen LogP contribution is -2.41. The standard InChI is InChI=1S/C8H18B2O2.2C2H6/c1-7(2)8(3,4)12-10(11-7)9(5)6;2*1-2/h1-6H3;2*1-2H3. The van der Waals surface area contributed by atoms with Gasteiger partial charge < -0.3 is 9.31 Å². The van der Waals surface area contributed by atoms with Crippen LogP contribution in [0.3, 0.4) is 0 Å². The highest BCUT2D eigenvalue weighted by atomic mass is 16.7. The quantitative estimate of drug-likeness (QED) is 0.632. The van der Waals surface area contributed by atoms with Gasteiger partial charge in [0.2, 0.25) is 0 Å². The van der Waals surface area contributed by atoms with Crippen molar-refractivity contribution >= 4 is 13.6 Å². The Balaban J connectivity index is 0. The van der Waals surface area contributed by atoms with Crippen molar-refractivity contribution in [2.24, 2.45) is 0 Å². The zero-order valence-electron chi connectivity index (χ0n) is 13.0. The maximum atomic E-state index is 5.80. The fourth-order valence-corrected chi connectivity index (χ4v) is 1.16. The van der Waals surface area contributed by atoms with Gasteiger partial charge in [0.25, 0.3) is 0 Å². The summed E-state index contributed by atoms with van der Waals surface area (Å²) >= 11 is 0. The molecule has 2 nitrogen and oxygen atoms in total. The van der Waals surface area contributed by atoms with Crippen LogP contribution in [-0.4, -0.2) is 24.8 Å². The minimum atomic E-state index is -0.179. The van der Waals surface area contributed by atoms with E-state index in [1.165, 1.54) is 0 Å². The van der Waals surface area contributed by atoms with E-state index in [0.717, 1.165) is 0 Å². The first kappa shape index (κ1) is 18.4. The Bertz CT molecular complexity index is 164. The third-order valence-corrected chi connectivity index (χ3v) is 2.82. The van der Waals surface area contributed by atoms with Gasteiger partial charge >= 0.3 is 7.01 Å². The lowest BCUT2D eigenvalue weighted by atomic mass is 9.27. The van der Waals surface area contributed by atoms with Crippen molar-refractivity contribution in [1.29, 1.82) is 0 Å². The van der Waals surface area contributed by atoms with Crippen molar-refractivity contribution in [2.45, 2.75) is 80.2 Å². The van der Waals surface area contributed by atoms with Gasteiger partial charge in [-0.15, -0.1) is 0 Å². The predicted octanol–water partition coefficient (Wildman–Crippen LogP) is 3.96. The van der Waals surface area contributed by atoms with Crippen LogP contribution >= 0.6 is 0 Å². The third-order valence-electron chi connectivity index (χ3n) is 2.82. The lowest BCUT2D eigenvalue weighted by Gasteiger charge is -2.32. The molecule has 16 heavy (non-hydrogen) atoms. The molecule has 0 aromatic rings. The molecule has 0 N–H and O–H groups in total. The Labute approximate surface area is 104 Å². The minimum absolute atomic E-state index is 0.0463. The van der Waals surface area contributed by atoms with E-state index in [2.05, 4.69) is 41.3 Å². The van der Waals surface area contributed by atoms with Crippen LogP contribution in [0.4, 0.5) is 0 Å². The average Bonchev–Trinajstić information content (AvgIpc) is 2.43. The second-order valence-corrected chi connectivity index (χ2v) is 4.87. The monoisotopic (exact) mass is 228 g/mol. The van der Waals surface area contributed by atoms with Crippen LogP contribution < -0.4 is 0 Å². The summed E-state index contributed by atoms with van der Waals surface area (Å²) in [6, 6.07) is 0. The highest BCUT2D eigenvalue weighted by molar-refractivity contribution is 7.16. The van der Waals surface area contributed by atoms with Crippen molar-refractivity contribution in [3.05, 3.63) is 0 Å². The van der Waals surface area contributed by atoms with E-state index in [-0.39, 0.29) is 18.2 Å². The van der Waals surface area contributed by atoms with Crippen molar-refractivity contribution in [2.75, 3.05) is 0 Å². The molecule has 1 heterocycles. The fraction of sp³-hybridized carbons (Fsp3) is 1.00. The van der Waals surface area contributed by atoms with E-state index < -0.39 is 0 Å². The topological polar surface area (TPSA) is 18.5 Å². The van der Waals surface area contributed by atoms with Gasteiger partial charge in [-0.05, 0) is 27.7 Å². The summed E-state index contributed by atoms with van der Waals surface area (Å²) in [6.07, 6.45) is 0. The Morgan fingerprint density at radius 1 is 0.750 bits per heavy atom. The van der Waals surface area contributed by atoms with E-state index in [1.54, 1.807) is 0 Å². The fourth-order valence-electron chi connectivity index (χ4n) is 1.16. The Morgan fingerprint density at radius 2 is 1.00 bits per heavy atom. The second-order valence-electron chi connectivity index (χ2n) is 4.87. The van der Waals surface area contributed by atoms with Gasteiger partial charge in [0.15, 0.2) is 6.60 Å². The Kier molecular flexibility index (Phi) is 8.51. The maximum Gasteiger partial charge on any atom is 0.406 e. The zero-order valence-corrected chi connectivity index (χ0v) is 13.0. The molecule has 4 heteroatoms. The molecule has 1 saturated heterocycles. The molecule has 1 aliphatic heterocycles. The summed E-state index contributed by atoms with van der Waals surface area (Å²) < 4.78 is 11.6. The number of hydrogen-bond donors (Lipinski definition) is 0. The summed E-state index contributed by atoms with van der Waals surface area (Å²) in [6.45, 7) is 21.0. The highest BCUT2D eigenvalue weighted by Gasteiger charge is 2.51. The van der Waals surface area contributed by atoms with E-state index >= 15 is 0 Å². The van der Waals surface area contributed by atoms with Gasteiger partial charge in [0, 0.05) is 0 Å². The van der Waals surface area contributed by atoms with Gasteiger partial charge in [-0.1, -0.05) is 41.3 Å². The van der Waals surface area contributed by atoms with Crippen LogP contribution in [0.2, 0.25) is 13.6 Å². The summed E-state index contributed by atoms with van der Waals surface area (Å²) in [5.41, 5.74) is -0.357. The first-order valence-electron chi connectivity index (χ1n) is 6.62. The first-order valence-corrected chi connectivity index (χ1v) is 6.62. The summed E-state index contributed by atoms with van der Waals surface area (Å²) in [4.78, 5) is 0. The predicted molar refractivity (Wildman–Crippen MR) is 76.3 cm³/mol. The van der Waals surface area contributed by atoms with Gasteiger partial charge in [-0.2, -0.15) is 0 Å². The lowest BCUT2D eigenvalue weighted by molar-refractivity contribution is 0.00578. The zero-order chi connectivity index (χ0) is 13.6. The summed E-state index contributed by atoms with van der Waals surface area (Å²) in [5.74, 6) is 0. The van der Waals surface area contributed by atoms with Crippen LogP contribution in [0.25, 0.3) is 0 Å². The Morgan fingerprint density at radius 3 is 1.12 bits per heavy atom. The molecule has 0 saturated carbocycles. The Hall–Kier alpha value is 0.0499. The van der Waals surface area contributed by atoms with Crippen LogP contribution in [0, 0.1) is 0 Å². The smallest absolute Gasteiger partial charge is 0.406 e. The molecule has 0 amide bonds. The average molecular weight is 228 g/mol. The van der Waals surface area contributed by atoms with Gasteiger partial charge in [0.05, 0.1) is 11.2 Å². The molecule has 0 aliphatic carbocycles. The van der Waals surface area contributed by atoms with Crippen molar-refractivity contribution in [3.63, 3.8) is 0 Å². The van der Waals surface area contributed by atoms with E-state index in [4.69, 9.17) is 9.31 Å². The van der Waals surface area contributed by atoms with E-state index in [9.17, 15) is 0 Å². The molecule has 0 aromatic carbocycles. The molecule has 0 unspecified atom stereocenters. The minimum Gasteiger partial charge on any atom is -0.410 e. The second kappa shape index (κ2) is 7.39. The third kappa shape index (κ3) is 4.50. The largest absolute Gasteiger partial charge is 0.410 e. The van der Waals surface area contributed by atoms with Gasteiger partial charge in [0.1, 0.15) is 0 Å². The molecule has 1 rings (SSSR count). The van der Waals surface area contributed by atoms with Crippen LogP contribution in [0.15, 0.2) is 0 Å². The molecular weight excluding hydrogens is 198 g/mol. The van der Waals surface area contributed by atoms with Crippen LogP contribution in [-0.2, 0) is 9.31 Å². The highest BCUT2D eigenvalue weighted by Crippen LogP contribution is 2.37. The van der Waals surface area contributed by atoms with Gasteiger partial charge in [-0.25, -0.2) is 0 Å². The molecule has 0 spiro atoms. The normalized spacial score (nSPS) is 20.2. The van der Waals surface area contributed by atoms with E-state index in [1.807, 2.05) is 27.7 Å². The van der Waals surface area contributed by atoms with E-state index in [0.29, 0.717) is 6.60 Å². The molecule has 1 fully saturated rings. The number of hydrogen-bond acceptors (Lipinski definition) is 2. The molecule has 0 bridgehead atoms. The molecule has 0 radical (unpaired) electrons. The first-order chi connectivity index (χ1) is 7.26. The van der Waals surface area contributed by atoms with Crippen molar-refractivity contribution < 1.29 is 9.31 Å². The van der Waals surface area contributed by atoms with Crippen molar-refractivity contribution in [3.8, 4) is 0 Å². The van der Waals surface area contributed by atoms with Crippen LogP contribution in [0.1, 0.15) is 55.4 Å². The molecule has 1 aliphatic rings. The number of rotatable bonds is 1. The van der Waals surface area contributed by atoms with Crippen LogP contribution in [0.5, 0.6) is 0 Å².